The summed E-state index contributed by atoms with van der Waals surface area (Å²) < 4.78 is 22.2. The molecule has 1 aromatic heterocycles. The zero-order valence-corrected chi connectivity index (χ0v) is 22.6. The average Bonchev–Trinajstić information content (AvgIpc) is 3.13. The molecule has 0 saturated carbocycles. The van der Waals surface area contributed by atoms with Crippen LogP contribution in [0.25, 0.3) is 0 Å². The predicted octanol–water partition coefficient (Wildman–Crippen LogP) is -1.85. The van der Waals surface area contributed by atoms with Crippen molar-refractivity contribution in [3.63, 3.8) is 0 Å². The Kier molecular flexibility index (Phi) is 17.7. The van der Waals surface area contributed by atoms with Crippen molar-refractivity contribution in [2.24, 2.45) is 0 Å². The molecule has 222 valence electrons. The molecule has 15 nitrogen and oxygen atoms in total. The molecule has 0 radical (unpaired) electrons. The third-order valence-electron chi connectivity index (χ3n) is 4.96. The normalized spacial score (nSPS) is 10.7. The third-order valence-corrected chi connectivity index (χ3v) is 4.96. The van der Waals surface area contributed by atoms with E-state index in [9.17, 15) is 29.4 Å². The molecular formula is C24H41N5O10. The molecule has 0 atom stereocenters. The van der Waals surface area contributed by atoms with Gasteiger partial charge in [-0.25, -0.2) is 0 Å². The van der Waals surface area contributed by atoms with E-state index in [0.717, 1.165) is 0 Å². The average molecular weight is 560 g/mol. The minimum atomic E-state index is -0.340. The van der Waals surface area contributed by atoms with Crippen molar-refractivity contribution >= 4 is 23.6 Å². The highest BCUT2D eigenvalue weighted by Gasteiger charge is 2.12. The number of carbonyl (C=O) groups is 4. The van der Waals surface area contributed by atoms with Gasteiger partial charge in [0, 0.05) is 57.7 Å². The number of nitrogens with one attached hydrogen (secondary N) is 4. The molecule has 39 heavy (non-hydrogen) atoms. The summed E-state index contributed by atoms with van der Waals surface area (Å²) in [5, 5.41) is 30.0. The first-order valence-corrected chi connectivity index (χ1v) is 12.6. The van der Waals surface area contributed by atoms with E-state index in [0.29, 0.717) is 31.9 Å². The minimum Gasteiger partial charge on any atom is -0.494 e. The summed E-state index contributed by atoms with van der Waals surface area (Å²) in [5.41, 5.74) is 0.520. The highest BCUT2D eigenvalue weighted by Crippen LogP contribution is 2.26. The van der Waals surface area contributed by atoms with Crippen LogP contribution >= 0.6 is 0 Å². The third kappa shape index (κ3) is 16.9. The predicted molar refractivity (Wildman–Crippen MR) is 138 cm³/mol. The van der Waals surface area contributed by atoms with E-state index >= 15 is 0 Å². The first-order valence-electron chi connectivity index (χ1n) is 12.6. The second kappa shape index (κ2) is 20.5. The Morgan fingerprint density at radius 2 is 1.21 bits per heavy atom. The number of carbonyl (C=O) groups excluding carboxylic acids is 4. The molecule has 0 aliphatic heterocycles. The van der Waals surface area contributed by atoms with Crippen LogP contribution in [-0.4, -0.2) is 117 Å². The lowest BCUT2D eigenvalue weighted by Gasteiger charge is -2.10. The molecule has 0 bridgehead atoms. The summed E-state index contributed by atoms with van der Waals surface area (Å²) in [4.78, 5) is 45.9. The van der Waals surface area contributed by atoms with Crippen LogP contribution in [0.2, 0.25) is 0 Å². The lowest BCUT2D eigenvalue weighted by Crippen LogP contribution is -2.36. The molecule has 0 aliphatic carbocycles. The molecule has 0 aromatic carbocycles. The van der Waals surface area contributed by atoms with E-state index in [2.05, 4.69) is 21.3 Å². The van der Waals surface area contributed by atoms with Gasteiger partial charge in [-0.1, -0.05) is 0 Å². The van der Waals surface area contributed by atoms with E-state index in [1.165, 1.54) is 17.6 Å². The fourth-order valence-electron chi connectivity index (χ4n) is 3.02. The highest BCUT2D eigenvalue weighted by molar-refractivity contribution is 5.78. The van der Waals surface area contributed by atoms with Gasteiger partial charge in [0.05, 0.1) is 39.6 Å². The van der Waals surface area contributed by atoms with Gasteiger partial charge < -0.3 is 50.4 Å². The highest BCUT2D eigenvalue weighted by atomic mass is 16.5. The lowest BCUT2D eigenvalue weighted by atomic mass is 10.3. The van der Waals surface area contributed by atoms with Crippen LogP contribution in [0.1, 0.15) is 18.9 Å². The van der Waals surface area contributed by atoms with E-state index < -0.39 is 0 Å². The van der Waals surface area contributed by atoms with E-state index in [1.807, 2.05) is 0 Å². The SMILES string of the molecule is CC(=O)NCCOCCOCC(=O)NCCOCCOCC(=O)NCCNC(=O)CCn1c(O)cc(C)c1O. The largest absolute Gasteiger partial charge is 0.494 e. The molecule has 0 fully saturated rings. The first kappa shape index (κ1) is 33.6. The number of nitrogens with zero attached hydrogens (tertiary/aromatic N) is 1. The molecule has 0 saturated heterocycles. The van der Waals surface area contributed by atoms with Crippen LogP contribution in [0, 0.1) is 6.92 Å². The molecule has 1 heterocycles. The molecule has 4 amide bonds. The van der Waals surface area contributed by atoms with Gasteiger partial charge in [0.1, 0.15) is 13.2 Å². The monoisotopic (exact) mass is 559 g/mol. The standard InChI is InChI=1S/C24H41N5O10/c1-18-15-23(34)29(24(18)35)8-3-20(31)26-4-5-27-21(32)16-38-14-12-37-10-7-28-22(33)17-39-13-11-36-9-6-25-19(2)30/h15,34-35H,3-14,16-17H2,1-2H3,(H,25,30)(H,26,31)(H,27,32)(H,28,33). The lowest BCUT2D eigenvalue weighted by molar-refractivity contribution is -0.127. The van der Waals surface area contributed by atoms with Crippen LogP contribution in [-0.2, 0) is 44.7 Å². The van der Waals surface area contributed by atoms with Gasteiger partial charge in [-0.15, -0.1) is 0 Å². The molecule has 0 unspecified atom stereocenters. The molecule has 15 heteroatoms. The topological polar surface area (TPSA) is 199 Å². The molecule has 0 aliphatic rings. The van der Waals surface area contributed by atoms with Crippen molar-refractivity contribution in [1.29, 1.82) is 0 Å². The summed E-state index contributed by atoms with van der Waals surface area (Å²) in [6.45, 7) is 5.78. The Morgan fingerprint density at radius 3 is 1.72 bits per heavy atom. The maximum Gasteiger partial charge on any atom is 0.246 e. The zero-order valence-electron chi connectivity index (χ0n) is 22.6. The molecule has 6 N–H and O–H groups in total. The van der Waals surface area contributed by atoms with Crippen molar-refractivity contribution in [1.82, 2.24) is 25.8 Å². The molecular weight excluding hydrogens is 518 g/mol. The van der Waals surface area contributed by atoms with Gasteiger partial charge in [-0.05, 0) is 6.92 Å². The van der Waals surface area contributed by atoms with Crippen LogP contribution < -0.4 is 21.3 Å². The number of amides is 4. The number of hydrogen-bond donors (Lipinski definition) is 6. The Morgan fingerprint density at radius 1 is 0.718 bits per heavy atom. The minimum absolute atomic E-state index is 0.0578. The van der Waals surface area contributed by atoms with E-state index in [-0.39, 0.29) is 101 Å². The summed E-state index contributed by atoms with van der Waals surface area (Å²) in [5.74, 6) is -1.22. The quantitative estimate of drug-likeness (QED) is 0.0877. The fraction of sp³-hybridized carbons (Fsp3) is 0.667. The second-order valence-corrected chi connectivity index (χ2v) is 8.27. The van der Waals surface area contributed by atoms with Crippen molar-refractivity contribution < 1.29 is 48.3 Å². The van der Waals surface area contributed by atoms with Gasteiger partial charge in [-0.3, -0.25) is 23.7 Å². The number of aromatic nitrogens is 1. The zero-order chi connectivity index (χ0) is 28.9. The van der Waals surface area contributed by atoms with Gasteiger partial charge in [0.25, 0.3) is 0 Å². The van der Waals surface area contributed by atoms with Gasteiger partial charge >= 0.3 is 0 Å². The van der Waals surface area contributed by atoms with Gasteiger partial charge in [0.15, 0.2) is 11.8 Å². The summed E-state index contributed by atoms with van der Waals surface area (Å²) >= 11 is 0. The number of hydrogen-bond acceptors (Lipinski definition) is 10. The summed E-state index contributed by atoms with van der Waals surface area (Å²) in [6, 6.07) is 1.41. The maximum absolute atomic E-state index is 11.9. The van der Waals surface area contributed by atoms with Gasteiger partial charge in [0.2, 0.25) is 23.6 Å². The maximum atomic E-state index is 11.9. The van der Waals surface area contributed by atoms with Crippen molar-refractivity contribution in [3.8, 4) is 11.8 Å². The molecule has 1 rings (SSSR count). The van der Waals surface area contributed by atoms with Crippen molar-refractivity contribution in [2.75, 3.05) is 79.0 Å². The molecule has 1 aromatic rings. The Hall–Kier alpha value is -3.40. The number of aromatic hydroxyl groups is 2. The number of rotatable bonds is 22. The van der Waals surface area contributed by atoms with Crippen molar-refractivity contribution in [3.05, 3.63) is 11.6 Å². The summed E-state index contributed by atoms with van der Waals surface area (Å²) in [6.07, 6.45) is 0.0578. The van der Waals surface area contributed by atoms with E-state index in [1.54, 1.807) is 6.92 Å². The van der Waals surface area contributed by atoms with Crippen LogP contribution in [0.15, 0.2) is 6.07 Å². The second-order valence-electron chi connectivity index (χ2n) is 8.27. The number of aryl methyl sites for hydroxylation is 1. The smallest absolute Gasteiger partial charge is 0.246 e. The Balaban J connectivity index is 1.88. The van der Waals surface area contributed by atoms with Gasteiger partial charge in [-0.2, -0.15) is 0 Å². The molecule has 0 spiro atoms. The Bertz CT molecular complexity index is 893. The van der Waals surface area contributed by atoms with Crippen LogP contribution in [0.5, 0.6) is 11.8 Å². The number of ether oxygens (including phenoxy) is 4. The fourth-order valence-corrected chi connectivity index (χ4v) is 3.02. The summed E-state index contributed by atoms with van der Waals surface area (Å²) in [7, 11) is 0. The van der Waals surface area contributed by atoms with E-state index in [4.69, 9.17) is 18.9 Å². The van der Waals surface area contributed by atoms with Crippen LogP contribution in [0.3, 0.4) is 0 Å². The Labute approximate surface area is 227 Å². The van der Waals surface area contributed by atoms with Crippen LogP contribution in [0.4, 0.5) is 0 Å². The van der Waals surface area contributed by atoms with Crippen molar-refractivity contribution in [2.45, 2.75) is 26.8 Å². The first-order chi connectivity index (χ1) is 18.7.